The third-order valence-corrected chi connectivity index (χ3v) is 2.02. The Morgan fingerprint density at radius 3 is 2.36 bits per heavy atom. The van der Waals surface area contributed by atoms with Gasteiger partial charge in [0.2, 0.25) is 0 Å². The van der Waals surface area contributed by atoms with E-state index in [2.05, 4.69) is 0 Å². The van der Waals surface area contributed by atoms with Crippen LogP contribution in [0.2, 0.25) is 0 Å². The predicted molar refractivity (Wildman–Crippen MR) is 52.1 cm³/mol. The Morgan fingerprint density at radius 1 is 1.43 bits per heavy atom. The van der Waals surface area contributed by atoms with Crippen LogP contribution in [-0.2, 0) is 11.3 Å². The van der Waals surface area contributed by atoms with Crippen molar-refractivity contribution >= 4 is 5.97 Å². The minimum Gasteiger partial charge on any atom is -0.481 e. The third kappa shape index (κ3) is 2.45. The zero-order valence-corrected chi connectivity index (χ0v) is 8.23. The second kappa shape index (κ2) is 3.65. The monoisotopic (exact) mass is 195 g/mol. The first kappa shape index (κ1) is 10.5. The van der Waals surface area contributed by atoms with Crippen LogP contribution >= 0.6 is 0 Å². The Balaban J connectivity index is 2.84. The predicted octanol–water partition coefficient (Wildman–Crippen LogP) is 0.959. The van der Waals surface area contributed by atoms with Crippen molar-refractivity contribution < 1.29 is 9.90 Å². The van der Waals surface area contributed by atoms with Gasteiger partial charge in [0.1, 0.15) is 0 Å². The summed E-state index contributed by atoms with van der Waals surface area (Å²) in [6.07, 6.45) is 3.18. The molecule has 14 heavy (non-hydrogen) atoms. The number of hydrogen-bond donors (Lipinski definition) is 1. The number of carboxylic acid groups (broad SMARTS) is 1. The van der Waals surface area contributed by atoms with Gasteiger partial charge in [-0.05, 0) is 13.8 Å². The van der Waals surface area contributed by atoms with Crippen LogP contribution in [0.25, 0.3) is 0 Å². The molecule has 0 amide bonds. The van der Waals surface area contributed by atoms with Gasteiger partial charge in [-0.2, -0.15) is 0 Å². The minimum atomic E-state index is -0.851. The van der Waals surface area contributed by atoms with Crippen molar-refractivity contribution in [3.05, 3.63) is 34.7 Å². The first-order chi connectivity index (χ1) is 6.42. The maximum Gasteiger partial charge on any atom is 0.310 e. The number of pyridine rings is 1. The Hall–Kier alpha value is -1.58. The number of carbonyl (C=O) groups is 1. The molecule has 0 atom stereocenters. The molecule has 0 aliphatic rings. The lowest BCUT2D eigenvalue weighted by atomic mass is 9.94. The van der Waals surface area contributed by atoms with Crippen molar-refractivity contribution in [3.8, 4) is 0 Å². The van der Waals surface area contributed by atoms with E-state index in [4.69, 9.17) is 5.11 Å². The molecule has 4 nitrogen and oxygen atoms in total. The largest absolute Gasteiger partial charge is 0.481 e. The summed E-state index contributed by atoms with van der Waals surface area (Å²) in [7, 11) is 0. The highest BCUT2D eigenvalue weighted by Gasteiger charge is 2.26. The van der Waals surface area contributed by atoms with Gasteiger partial charge < -0.3 is 9.67 Å². The smallest absolute Gasteiger partial charge is 0.310 e. The molecular weight excluding hydrogens is 182 g/mol. The van der Waals surface area contributed by atoms with Gasteiger partial charge in [-0.15, -0.1) is 0 Å². The van der Waals surface area contributed by atoms with E-state index in [-0.39, 0.29) is 5.43 Å². The normalized spacial score (nSPS) is 11.3. The number of nitrogens with zero attached hydrogens (tertiary/aromatic N) is 1. The molecule has 0 bridgehead atoms. The van der Waals surface area contributed by atoms with Gasteiger partial charge in [0.15, 0.2) is 5.43 Å². The van der Waals surface area contributed by atoms with Crippen molar-refractivity contribution in [2.45, 2.75) is 20.4 Å². The molecule has 0 aromatic carbocycles. The summed E-state index contributed by atoms with van der Waals surface area (Å²) in [5.41, 5.74) is -0.899. The van der Waals surface area contributed by atoms with E-state index in [0.717, 1.165) is 0 Å². The minimum absolute atomic E-state index is 0.0746. The summed E-state index contributed by atoms with van der Waals surface area (Å²) >= 11 is 0. The number of hydrogen-bond acceptors (Lipinski definition) is 2. The first-order valence-corrected chi connectivity index (χ1v) is 4.31. The average Bonchev–Trinajstić information content (AvgIpc) is 2.08. The molecule has 0 fully saturated rings. The topological polar surface area (TPSA) is 59.3 Å². The van der Waals surface area contributed by atoms with Gasteiger partial charge in [0.05, 0.1) is 5.41 Å². The molecule has 0 aliphatic heterocycles. The Labute approximate surface area is 81.8 Å². The van der Waals surface area contributed by atoms with E-state index in [1.54, 1.807) is 30.8 Å². The Bertz CT molecular complexity index is 372. The van der Waals surface area contributed by atoms with Crippen molar-refractivity contribution in [3.63, 3.8) is 0 Å². The van der Waals surface area contributed by atoms with Crippen LogP contribution in [0.3, 0.4) is 0 Å². The standard InChI is InChI=1S/C10H13NO3/c1-10(2,9(13)14)7-11-5-3-8(12)4-6-11/h3-6H,7H2,1-2H3,(H,13,14). The molecule has 1 heterocycles. The molecule has 0 saturated heterocycles. The van der Waals surface area contributed by atoms with Crippen LogP contribution in [0, 0.1) is 5.41 Å². The van der Waals surface area contributed by atoms with Gasteiger partial charge >= 0.3 is 5.97 Å². The molecule has 0 spiro atoms. The molecule has 1 aromatic heterocycles. The summed E-state index contributed by atoms with van der Waals surface area (Å²) in [6, 6.07) is 2.83. The Morgan fingerprint density at radius 2 is 1.93 bits per heavy atom. The Kier molecular flexibility index (Phi) is 2.74. The highest BCUT2D eigenvalue weighted by Crippen LogP contribution is 2.17. The van der Waals surface area contributed by atoms with E-state index in [1.807, 2.05) is 0 Å². The van der Waals surface area contributed by atoms with E-state index < -0.39 is 11.4 Å². The van der Waals surface area contributed by atoms with Gasteiger partial charge in [0.25, 0.3) is 0 Å². The fourth-order valence-electron chi connectivity index (χ4n) is 1.07. The molecule has 0 radical (unpaired) electrons. The zero-order chi connectivity index (χ0) is 10.8. The number of rotatable bonds is 3. The van der Waals surface area contributed by atoms with Gasteiger partial charge in [-0.25, -0.2) is 0 Å². The van der Waals surface area contributed by atoms with E-state index in [9.17, 15) is 9.59 Å². The molecule has 1 aromatic rings. The second-order valence-electron chi connectivity index (χ2n) is 3.90. The molecule has 0 unspecified atom stereocenters. The third-order valence-electron chi connectivity index (χ3n) is 2.02. The number of aromatic nitrogens is 1. The van der Waals surface area contributed by atoms with Crippen LogP contribution in [0.4, 0.5) is 0 Å². The molecule has 76 valence electrons. The van der Waals surface area contributed by atoms with Crippen LogP contribution in [-0.4, -0.2) is 15.6 Å². The number of aliphatic carboxylic acids is 1. The summed E-state index contributed by atoms with van der Waals surface area (Å²) in [5, 5.41) is 8.88. The fourth-order valence-corrected chi connectivity index (χ4v) is 1.07. The van der Waals surface area contributed by atoms with Crippen molar-refractivity contribution in [2.24, 2.45) is 5.41 Å². The molecule has 4 heteroatoms. The highest BCUT2D eigenvalue weighted by atomic mass is 16.4. The van der Waals surface area contributed by atoms with Gasteiger partial charge in [-0.1, -0.05) is 0 Å². The summed E-state index contributed by atoms with van der Waals surface area (Å²) in [5.74, 6) is -0.851. The van der Waals surface area contributed by atoms with Crippen molar-refractivity contribution in [2.75, 3.05) is 0 Å². The SMILES string of the molecule is CC(C)(Cn1ccc(=O)cc1)C(=O)O. The van der Waals surface area contributed by atoms with Crippen LogP contribution in [0.1, 0.15) is 13.8 Å². The lowest BCUT2D eigenvalue weighted by Gasteiger charge is -2.20. The molecule has 0 aliphatic carbocycles. The fraction of sp³-hybridized carbons (Fsp3) is 0.400. The summed E-state index contributed by atoms with van der Waals surface area (Å²) in [4.78, 5) is 21.6. The van der Waals surface area contributed by atoms with E-state index in [0.29, 0.717) is 6.54 Å². The van der Waals surface area contributed by atoms with Crippen LogP contribution < -0.4 is 5.43 Å². The van der Waals surface area contributed by atoms with Crippen molar-refractivity contribution in [1.29, 1.82) is 0 Å². The molecular formula is C10H13NO3. The van der Waals surface area contributed by atoms with Gasteiger partial charge in [-0.3, -0.25) is 9.59 Å². The molecule has 1 rings (SSSR count). The van der Waals surface area contributed by atoms with Crippen LogP contribution in [0.5, 0.6) is 0 Å². The lowest BCUT2D eigenvalue weighted by molar-refractivity contribution is -0.147. The summed E-state index contributed by atoms with van der Waals surface area (Å²) < 4.78 is 1.69. The average molecular weight is 195 g/mol. The van der Waals surface area contributed by atoms with E-state index in [1.165, 1.54) is 12.1 Å². The highest BCUT2D eigenvalue weighted by molar-refractivity contribution is 5.73. The maximum absolute atomic E-state index is 10.8. The lowest BCUT2D eigenvalue weighted by Crippen LogP contribution is -2.29. The maximum atomic E-state index is 10.8. The van der Waals surface area contributed by atoms with Crippen LogP contribution in [0.15, 0.2) is 29.3 Å². The van der Waals surface area contributed by atoms with Gasteiger partial charge in [0, 0.05) is 31.1 Å². The zero-order valence-electron chi connectivity index (χ0n) is 8.23. The molecule has 1 N–H and O–H groups in total. The second-order valence-corrected chi connectivity index (χ2v) is 3.90. The van der Waals surface area contributed by atoms with Crippen molar-refractivity contribution in [1.82, 2.24) is 4.57 Å². The quantitative estimate of drug-likeness (QED) is 0.781. The van der Waals surface area contributed by atoms with E-state index >= 15 is 0 Å². The summed E-state index contributed by atoms with van der Waals surface area (Å²) in [6.45, 7) is 3.64. The first-order valence-electron chi connectivity index (χ1n) is 4.31. The number of carboxylic acids is 1. The molecule has 0 saturated carbocycles.